The fraction of sp³-hybridized carbons (Fsp3) is 0.344. The quantitative estimate of drug-likeness (QED) is 0.273. The molecule has 0 bridgehead atoms. The van der Waals surface area contributed by atoms with Gasteiger partial charge in [-0.05, 0) is 74.1 Å². The zero-order valence-electron chi connectivity index (χ0n) is 24.7. The van der Waals surface area contributed by atoms with Gasteiger partial charge >= 0.3 is 12.0 Å². The van der Waals surface area contributed by atoms with Crippen LogP contribution in [0.15, 0.2) is 66.7 Å². The Labute approximate surface area is 251 Å². The number of aromatic carboxylic acids is 1. The number of carbonyl (C=O) groups is 3. The highest BCUT2D eigenvalue weighted by atomic mass is 16.5. The van der Waals surface area contributed by atoms with Crippen LogP contribution >= 0.6 is 0 Å². The largest absolute Gasteiger partial charge is 0.497 e. The number of carboxylic acid groups (broad SMARTS) is 1. The van der Waals surface area contributed by atoms with E-state index in [2.05, 4.69) is 15.5 Å². The molecule has 0 aromatic heterocycles. The van der Waals surface area contributed by atoms with Crippen molar-refractivity contribution in [3.8, 4) is 11.5 Å². The minimum absolute atomic E-state index is 0.0731. The molecule has 3 aromatic carbocycles. The van der Waals surface area contributed by atoms with Crippen LogP contribution in [-0.2, 0) is 6.54 Å². The normalized spacial score (nSPS) is 17.3. The van der Waals surface area contributed by atoms with Crippen molar-refractivity contribution in [1.82, 2.24) is 9.80 Å². The van der Waals surface area contributed by atoms with Gasteiger partial charge in [0, 0.05) is 36.9 Å². The average molecular weight is 591 g/mol. The van der Waals surface area contributed by atoms with Crippen molar-refractivity contribution in [3.05, 3.63) is 83.4 Å². The number of nitrogens with one attached hydrogen (secondary N) is 2. The van der Waals surface area contributed by atoms with Gasteiger partial charge in [0.1, 0.15) is 17.6 Å². The Bertz CT molecular complexity index is 1430. The Hall–Kier alpha value is -4.61. The van der Waals surface area contributed by atoms with Crippen LogP contribution in [0.4, 0.5) is 16.2 Å². The van der Waals surface area contributed by atoms with Crippen molar-refractivity contribution in [2.45, 2.75) is 32.5 Å². The van der Waals surface area contributed by atoms with Crippen LogP contribution in [0.5, 0.6) is 11.5 Å². The maximum Gasteiger partial charge on any atom is 0.335 e. The van der Waals surface area contributed by atoms with Crippen molar-refractivity contribution in [2.24, 2.45) is 5.92 Å². The number of urea groups is 1. The summed E-state index contributed by atoms with van der Waals surface area (Å²) in [5.41, 5.74) is 2.46. The minimum atomic E-state index is -0.970. The number of hydrogen-bond acceptors (Lipinski definition) is 7. The zero-order valence-corrected chi connectivity index (χ0v) is 24.7. The molecule has 4 rings (SSSR count). The van der Waals surface area contributed by atoms with E-state index in [0.29, 0.717) is 42.5 Å². The van der Waals surface area contributed by atoms with Gasteiger partial charge in [0.25, 0.3) is 5.91 Å². The number of benzene rings is 3. The first-order valence-electron chi connectivity index (χ1n) is 14.0. The highest BCUT2D eigenvalue weighted by Crippen LogP contribution is 2.31. The number of hydrogen-bond donors (Lipinski definition) is 4. The van der Waals surface area contributed by atoms with E-state index in [4.69, 9.17) is 14.6 Å². The number of ether oxygens (including phenoxy) is 2. The second-order valence-corrected chi connectivity index (χ2v) is 10.8. The monoisotopic (exact) mass is 590 g/mol. The fourth-order valence-corrected chi connectivity index (χ4v) is 4.92. The summed E-state index contributed by atoms with van der Waals surface area (Å²) in [6, 6.07) is 17.7. The summed E-state index contributed by atoms with van der Waals surface area (Å²) in [7, 11) is 3.52. The van der Waals surface area contributed by atoms with Crippen LogP contribution < -0.4 is 20.1 Å². The van der Waals surface area contributed by atoms with Crippen LogP contribution in [-0.4, -0.2) is 83.9 Å². The number of methoxy groups -OCH3 is 1. The van der Waals surface area contributed by atoms with E-state index in [1.807, 2.05) is 14.0 Å². The number of rotatable bonds is 10. The van der Waals surface area contributed by atoms with Crippen molar-refractivity contribution in [2.75, 3.05) is 44.5 Å². The SMILES string of the molecule is COc1ccc(NC(=O)Nc2ccc3c(c2)C(=O)N([C@@H](C)CO)C[C@@H](C)[C@@H](CN(C)Cc2ccc(C(=O)O)cc2)O3)cc1. The third-order valence-electron chi connectivity index (χ3n) is 7.42. The Morgan fingerprint density at radius 1 is 1.07 bits per heavy atom. The van der Waals surface area contributed by atoms with Crippen LogP contribution in [0.25, 0.3) is 0 Å². The Balaban J connectivity index is 1.53. The van der Waals surface area contributed by atoms with Crippen molar-refractivity contribution in [3.63, 3.8) is 0 Å². The van der Waals surface area contributed by atoms with E-state index in [9.17, 15) is 19.5 Å². The van der Waals surface area contributed by atoms with E-state index < -0.39 is 18.0 Å². The Kier molecular flexibility index (Phi) is 10.2. The van der Waals surface area contributed by atoms with Gasteiger partial charge in [-0.3, -0.25) is 9.69 Å². The first kappa shape index (κ1) is 31.3. The maximum absolute atomic E-state index is 13.7. The molecule has 0 fully saturated rings. The summed E-state index contributed by atoms with van der Waals surface area (Å²) in [5, 5.41) is 24.6. The predicted molar refractivity (Wildman–Crippen MR) is 163 cm³/mol. The third-order valence-corrected chi connectivity index (χ3v) is 7.42. The summed E-state index contributed by atoms with van der Waals surface area (Å²) < 4.78 is 11.6. The number of nitrogens with zero attached hydrogens (tertiary/aromatic N) is 2. The van der Waals surface area contributed by atoms with Crippen LogP contribution in [0.1, 0.15) is 40.1 Å². The van der Waals surface area contributed by atoms with Gasteiger partial charge in [-0.25, -0.2) is 9.59 Å². The van der Waals surface area contributed by atoms with Crippen LogP contribution in [0.2, 0.25) is 0 Å². The maximum atomic E-state index is 13.7. The predicted octanol–water partition coefficient (Wildman–Crippen LogP) is 4.39. The lowest BCUT2D eigenvalue weighted by Gasteiger charge is -2.38. The average Bonchev–Trinajstić information content (AvgIpc) is 2.99. The molecular weight excluding hydrogens is 552 g/mol. The van der Waals surface area contributed by atoms with Crippen molar-refractivity contribution in [1.29, 1.82) is 0 Å². The van der Waals surface area contributed by atoms with E-state index in [1.165, 1.54) is 0 Å². The number of aliphatic hydroxyl groups excluding tert-OH is 1. The van der Waals surface area contributed by atoms with Gasteiger partial charge in [-0.15, -0.1) is 0 Å². The molecule has 11 heteroatoms. The first-order chi connectivity index (χ1) is 20.6. The molecule has 0 saturated heterocycles. The molecule has 3 atom stereocenters. The summed E-state index contributed by atoms with van der Waals surface area (Å²) in [5.74, 6) is -0.287. The molecule has 1 aliphatic rings. The number of fused-ring (bicyclic) bond motifs is 1. The van der Waals surface area contributed by atoms with Crippen molar-refractivity contribution >= 4 is 29.3 Å². The summed E-state index contributed by atoms with van der Waals surface area (Å²) in [4.78, 5) is 41.3. The van der Waals surface area contributed by atoms with Gasteiger partial charge < -0.3 is 35.2 Å². The highest BCUT2D eigenvalue weighted by molar-refractivity contribution is 6.02. The molecule has 3 amide bonds. The standard InChI is InChI=1S/C32H38N4O7/c1-20-16-36(21(2)19-37)30(38)27-15-25(34-32(41)33-24-9-12-26(42-4)13-10-24)11-14-28(27)43-29(20)18-35(3)17-22-5-7-23(8-6-22)31(39)40/h5-15,20-21,29,37H,16-19H2,1-4H3,(H,39,40)(H2,33,34,41)/t20-,21+,29-/m1/s1. The van der Waals surface area contributed by atoms with Crippen LogP contribution in [0, 0.1) is 5.92 Å². The molecule has 228 valence electrons. The highest BCUT2D eigenvalue weighted by Gasteiger charge is 2.33. The number of carboxylic acids is 1. The van der Waals surface area contributed by atoms with Gasteiger partial charge in [-0.2, -0.15) is 0 Å². The van der Waals surface area contributed by atoms with E-state index >= 15 is 0 Å². The third kappa shape index (κ3) is 8.02. The van der Waals surface area contributed by atoms with E-state index in [-0.39, 0.29) is 35.7 Å². The molecule has 4 N–H and O–H groups in total. The molecule has 43 heavy (non-hydrogen) atoms. The van der Waals surface area contributed by atoms with Gasteiger partial charge in [0.05, 0.1) is 30.9 Å². The minimum Gasteiger partial charge on any atom is -0.497 e. The first-order valence-corrected chi connectivity index (χ1v) is 14.0. The lowest BCUT2D eigenvalue weighted by molar-refractivity contribution is 0.0341. The van der Waals surface area contributed by atoms with Gasteiger partial charge in [0.2, 0.25) is 0 Å². The van der Waals surface area contributed by atoms with Gasteiger partial charge in [-0.1, -0.05) is 19.1 Å². The van der Waals surface area contributed by atoms with Crippen LogP contribution in [0.3, 0.4) is 0 Å². The van der Waals surface area contributed by atoms with E-state index in [0.717, 1.165) is 5.56 Å². The molecule has 0 aliphatic carbocycles. The van der Waals surface area contributed by atoms with E-state index in [1.54, 1.807) is 85.7 Å². The lowest BCUT2D eigenvalue weighted by Crippen LogP contribution is -2.49. The Morgan fingerprint density at radius 2 is 1.72 bits per heavy atom. The van der Waals surface area contributed by atoms with Crippen molar-refractivity contribution < 1.29 is 34.1 Å². The molecule has 11 nitrogen and oxygen atoms in total. The molecular formula is C32H38N4O7. The number of amides is 3. The molecule has 0 spiro atoms. The number of aliphatic hydroxyl groups is 1. The molecule has 0 unspecified atom stereocenters. The lowest BCUT2D eigenvalue weighted by atomic mass is 9.99. The summed E-state index contributed by atoms with van der Waals surface area (Å²) in [6.07, 6.45) is -0.305. The molecule has 1 aliphatic heterocycles. The topological polar surface area (TPSA) is 141 Å². The molecule has 1 heterocycles. The molecule has 0 radical (unpaired) electrons. The number of carbonyl (C=O) groups excluding carboxylic acids is 2. The summed E-state index contributed by atoms with van der Waals surface area (Å²) >= 11 is 0. The second kappa shape index (κ2) is 14.0. The zero-order chi connectivity index (χ0) is 31.1. The smallest absolute Gasteiger partial charge is 0.335 e. The van der Waals surface area contributed by atoms with Gasteiger partial charge in [0.15, 0.2) is 0 Å². The second-order valence-electron chi connectivity index (χ2n) is 10.8. The molecule has 3 aromatic rings. The number of anilines is 2. The number of likely N-dealkylation sites (N-methyl/N-ethyl adjacent to an activating group) is 1. The Morgan fingerprint density at radius 3 is 2.35 bits per heavy atom. The molecule has 0 saturated carbocycles. The fourth-order valence-electron chi connectivity index (χ4n) is 4.92. The summed E-state index contributed by atoms with van der Waals surface area (Å²) in [6.45, 7) is 5.06.